The number of likely N-dealkylation sites (tertiary alicyclic amines) is 1. The van der Waals surface area contributed by atoms with Gasteiger partial charge in [0, 0.05) is 24.3 Å². The van der Waals surface area contributed by atoms with E-state index in [4.69, 9.17) is 4.74 Å². The third kappa shape index (κ3) is 5.56. The molecule has 1 saturated heterocycles. The largest absolute Gasteiger partial charge is 0.482 e. The number of nitrogens with one attached hydrogen (secondary N) is 1. The van der Waals surface area contributed by atoms with Gasteiger partial charge in [0.15, 0.2) is 6.61 Å². The van der Waals surface area contributed by atoms with Crippen LogP contribution in [-0.4, -0.2) is 49.5 Å². The van der Waals surface area contributed by atoms with E-state index in [0.717, 1.165) is 0 Å². The predicted molar refractivity (Wildman–Crippen MR) is 108 cm³/mol. The number of anilines is 1. The smallest absolute Gasteiger partial charge is 0.343 e. The van der Waals surface area contributed by atoms with Crippen LogP contribution in [0.25, 0.3) is 0 Å². The normalized spacial score (nSPS) is 15.9. The van der Waals surface area contributed by atoms with Gasteiger partial charge in [-0.05, 0) is 61.4 Å². The van der Waals surface area contributed by atoms with Gasteiger partial charge in [-0.1, -0.05) is 0 Å². The van der Waals surface area contributed by atoms with E-state index in [0.29, 0.717) is 42.9 Å². The zero-order valence-electron chi connectivity index (χ0n) is 16.6. The molecular formula is C22H23FN2O5. The van der Waals surface area contributed by atoms with Gasteiger partial charge < -0.3 is 19.7 Å². The van der Waals surface area contributed by atoms with Gasteiger partial charge in [-0.15, -0.1) is 0 Å². The second-order valence-electron chi connectivity index (χ2n) is 6.98. The van der Waals surface area contributed by atoms with Gasteiger partial charge in [0.2, 0.25) is 5.91 Å². The van der Waals surface area contributed by atoms with Gasteiger partial charge >= 0.3 is 5.97 Å². The molecule has 3 rings (SSSR count). The summed E-state index contributed by atoms with van der Waals surface area (Å²) in [5.41, 5.74) is 0.993. The summed E-state index contributed by atoms with van der Waals surface area (Å²) >= 11 is 0. The van der Waals surface area contributed by atoms with E-state index in [-0.39, 0.29) is 24.3 Å². The number of halogens is 1. The van der Waals surface area contributed by atoms with E-state index >= 15 is 0 Å². The number of hydrogen-bond acceptors (Lipinski definition) is 5. The van der Waals surface area contributed by atoms with E-state index in [1.165, 1.54) is 31.4 Å². The molecular weight excluding hydrogens is 391 g/mol. The third-order valence-corrected chi connectivity index (χ3v) is 4.88. The average molecular weight is 414 g/mol. The maximum Gasteiger partial charge on any atom is 0.343 e. The molecule has 30 heavy (non-hydrogen) atoms. The van der Waals surface area contributed by atoms with Crippen molar-refractivity contribution in [3.63, 3.8) is 0 Å². The average Bonchev–Trinajstić information content (AvgIpc) is 2.78. The molecule has 1 aliphatic heterocycles. The number of amides is 2. The van der Waals surface area contributed by atoms with Gasteiger partial charge in [-0.2, -0.15) is 0 Å². The maximum absolute atomic E-state index is 13.1. The van der Waals surface area contributed by atoms with Crippen molar-refractivity contribution < 1.29 is 28.2 Å². The van der Waals surface area contributed by atoms with Crippen LogP contribution < -0.4 is 10.1 Å². The Labute approximate surface area is 173 Å². The SMILES string of the molecule is COC(=O)COc1ccc(NC(=O)C2CCCN(C(=O)c3ccc(F)cc3)C2)cc1. The van der Waals surface area contributed by atoms with E-state index in [1.54, 1.807) is 29.2 Å². The fraction of sp³-hybridized carbons (Fsp3) is 0.318. The molecule has 1 N–H and O–H groups in total. The summed E-state index contributed by atoms with van der Waals surface area (Å²) in [4.78, 5) is 38.0. The minimum atomic E-state index is -0.482. The molecule has 1 aliphatic rings. The summed E-state index contributed by atoms with van der Waals surface area (Å²) in [7, 11) is 1.28. The molecule has 0 aromatic heterocycles. The number of carbonyl (C=O) groups excluding carboxylic acids is 3. The Kier molecular flexibility index (Phi) is 7.00. The Hall–Kier alpha value is -3.42. The second-order valence-corrected chi connectivity index (χ2v) is 6.98. The van der Waals surface area contributed by atoms with Gasteiger partial charge in [0.1, 0.15) is 11.6 Å². The molecule has 1 unspecified atom stereocenters. The lowest BCUT2D eigenvalue weighted by atomic mass is 9.96. The van der Waals surface area contributed by atoms with Crippen molar-refractivity contribution >= 4 is 23.5 Å². The second kappa shape index (κ2) is 9.87. The molecule has 158 valence electrons. The summed E-state index contributed by atoms with van der Waals surface area (Å²) in [6.07, 6.45) is 1.39. The van der Waals surface area contributed by atoms with Gasteiger partial charge in [-0.25, -0.2) is 9.18 Å². The fourth-order valence-electron chi connectivity index (χ4n) is 3.23. The zero-order valence-corrected chi connectivity index (χ0v) is 16.6. The summed E-state index contributed by atoms with van der Waals surface area (Å²) in [5, 5.41) is 2.85. The first-order valence-corrected chi connectivity index (χ1v) is 9.61. The number of hydrogen-bond donors (Lipinski definition) is 1. The van der Waals surface area contributed by atoms with E-state index in [9.17, 15) is 18.8 Å². The first-order valence-electron chi connectivity index (χ1n) is 9.61. The molecule has 8 heteroatoms. The first kappa shape index (κ1) is 21.3. The van der Waals surface area contributed by atoms with Gasteiger partial charge in [0.05, 0.1) is 13.0 Å². The Morgan fingerprint density at radius 2 is 1.80 bits per heavy atom. The van der Waals surface area contributed by atoms with Crippen LogP contribution in [0.15, 0.2) is 48.5 Å². The lowest BCUT2D eigenvalue weighted by Gasteiger charge is -2.32. The number of esters is 1. The lowest BCUT2D eigenvalue weighted by molar-refractivity contribution is -0.142. The molecule has 2 aromatic rings. The van der Waals surface area contributed by atoms with Crippen molar-refractivity contribution in [1.29, 1.82) is 0 Å². The van der Waals surface area contributed by atoms with Crippen LogP contribution in [0.2, 0.25) is 0 Å². The van der Waals surface area contributed by atoms with Crippen molar-refractivity contribution in [2.75, 3.05) is 32.1 Å². The fourth-order valence-corrected chi connectivity index (χ4v) is 3.23. The van der Waals surface area contributed by atoms with E-state index in [1.807, 2.05) is 0 Å². The molecule has 1 fully saturated rings. The van der Waals surface area contributed by atoms with E-state index < -0.39 is 11.8 Å². The van der Waals surface area contributed by atoms with Crippen LogP contribution >= 0.6 is 0 Å². The van der Waals surface area contributed by atoms with Crippen molar-refractivity contribution in [3.05, 3.63) is 59.9 Å². The molecule has 1 heterocycles. The topological polar surface area (TPSA) is 84.9 Å². The van der Waals surface area contributed by atoms with Crippen LogP contribution in [-0.2, 0) is 14.3 Å². The number of nitrogens with zero attached hydrogens (tertiary/aromatic N) is 1. The molecule has 0 radical (unpaired) electrons. The molecule has 0 spiro atoms. The highest BCUT2D eigenvalue weighted by atomic mass is 19.1. The highest BCUT2D eigenvalue weighted by molar-refractivity contribution is 5.96. The Balaban J connectivity index is 1.55. The van der Waals surface area contributed by atoms with Gasteiger partial charge in [-0.3, -0.25) is 9.59 Å². The molecule has 2 amide bonds. The monoisotopic (exact) mass is 414 g/mol. The number of ether oxygens (including phenoxy) is 2. The van der Waals surface area contributed by atoms with Crippen LogP contribution in [0.5, 0.6) is 5.75 Å². The molecule has 0 aliphatic carbocycles. The van der Waals surface area contributed by atoms with Crippen molar-refractivity contribution in [2.45, 2.75) is 12.8 Å². The van der Waals surface area contributed by atoms with Crippen LogP contribution in [0.1, 0.15) is 23.2 Å². The van der Waals surface area contributed by atoms with Crippen molar-refractivity contribution in [1.82, 2.24) is 4.90 Å². The van der Waals surface area contributed by atoms with Crippen molar-refractivity contribution in [3.8, 4) is 5.75 Å². The van der Waals surface area contributed by atoms with Crippen LogP contribution in [0.3, 0.4) is 0 Å². The predicted octanol–water partition coefficient (Wildman–Crippen LogP) is 2.87. The Morgan fingerprint density at radius 1 is 1.10 bits per heavy atom. The highest BCUT2D eigenvalue weighted by Crippen LogP contribution is 2.22. The molecule has 0 bridgehead atoms. The van der Waals surface area contributed by atoms with Crippen LogP contribution in [0.4, 0.5) is 10.1 Å². The Morgan fingerprint density at radius 3 is 2.47 bits per heavy atom. The summed E-state index contributed by atoms with van der Waals surface area (Å²) in [6, 6.07) is 12.0. The maximum atomic E-state index is 13.1. The van der Waals surface area contributed by atoms with Gasteiger partial charge in [0.25, 0.3) is 5.91 Å². The first-order chi connectivity index (χ1) is 14.5. The number of carbonyl (C=O) groups is 3. The zero-order chi connectivity index (χ0) is 21.5. The number of piperidine rings is 1. The Bertz CT molecular complexity index is 899. The summed E-state index contributed by atoms with van der Waals surface area (Å²) in [6.45, 7) is 0.677. The standard InChI is InChI=1S/C22H23FN2O5/c1-29-20(26)14-30-19-10-8-18(9-11-19)24-21(27)16-3-2-12-25(13-16)22(28)15-4-6-17(23)7-5-15/h4-11,16H,2-3,12-14H2,1H3,(H,24,27). The molecule has 1 atom stereocenters. The third-order valence-electron chi connectivity index (χ3n) is 4.88. The van der Waals surface area contributed by atoms with Crippen LogP contribution in [0, 0.1) is 11.7 Å². The molecule has 7 nitrogen and oxygen atoms in total. The number of methoxy groups -OCH3 is 1. The minimum Gasteiger partial charge on any atom is -0.482 e. The summed E-state index contributed by atoms with van der Waals surface area (Å²) < 4.78 is 22.9. The van der Waals surface area contributed by atoms with E-state index in [2.05, 4.69) is 10.1 Å². The molecule has 0 saturated carbocycles. The minimum absolute atomic E-state index is 0.171. The number of rotatable bonds is 6. The number of benzene rings is 2. The lowest BCUT2D eigenvalue weighted by Crippen LogP contribution is -2.43. The van der Waals surface area contributed by atoms with Crippen molar-refractivity contribution in [2.24, 2.45) is 5.92 Å². The summed E-state index contributed by atoms with van der Waals surface area (Å²) in [5.74, 6) is -1.12. The molecule has 2 aromatic carbocycles. The quantitative estimate of drug-likeness (QED) is 0.735. The highest BCUT2D eigenvalue weighted by Gasteiger charge is 2.29.